The number of ether oxygens (including phenoxy) is 1. The summed E-state index contributed by atoms with van der Waals surface area (Å²) in [6.45, 7) is 6.72. The number of amides is 3. The maximum absolute atomic E-state index is 13.7. The molecule has 2 aromatic rings. The van der Waals surface area contributed by atoms with Crippen LogP contribution in [0.1, 0.15) is 43.5 Å². The molecule has 2 atom stereocenters. The van der Waals surface area contributed by atoms with E-state index in [4.69, 9.17) is 16.3 Å². The molecule has 5 N–H and O–H groups in total. The van der Waals surface area contributed by atoms with Crippen molar-refractivity contribution in [3.63, 3.8) is 0 Å². The Hall–Kier alpha value is -3.34. The number of hydrogen-bond donors (Lipinski definition) is 5. The van der Waals surface area contributed by atoms with Crippen LogP contribution in [0.25, 0.3) is 0 Å². The van der Waals surface area contributed by atoms with E-state index in [-0.39, 0.29) is 17.3 Å². The molecule has 202 valence electrons. The summed E-state index contributed by atoms with van der Waals surface area (Å²) in [4.78, 5) is 40.6. The molecule has 0 bridgehead atoms. The zero-order valence-electron chi connectivity index (χ0n) is 21.5. The molecule has 0 aliphatic carbocycles. The number of anilines is 1. The summed E-state index contributed by atoms with van der Waals surface area (Å²) in [7, 11) is 0. The summed E-state index contributed by atoms with van der Waals surface area (Å²) in [5, 5.41) is 35.0. The number of halogens is 1. The minimum absolute atomic E-state index is 0.00952. The minimum atomic E-state index is -1.46. The predicted molar refractivity (Wildman–Crippen MR) is 139 cm³/mol. The van der Waals surface area contributed by atoms with Crippen LogP contribution in [-0.2, 0) is 14.3 Å². The Morgan fingerprint density at radius 1 is 1.08 bits per heavy atom. The molecule has 0 aliphatic rings. The number of para-hydroxylation sites is 1. The molecule has 0 spiro atoms. The third-order valence-corrected chi connectivity index (χ3v) is 5.68. The lowest BCUT2D eigenvalue weighted by atomic mass is 10.00. The number of carbonyl (C=O) groups is 3. The Kier molecular flexibility index (Phi) is 10.3. The fourth-order valence-electron chi connectivity index (χ4n) is 3.61. The minimum Gasteiger partial charge on any atom is -0.508 e. The second kappa shape index (κ2) is 12.8. The van der Waals surface area contributed by atoms with Crippen molar-refractivity contribution in [1.29, 1.82) is 0 Å². The summed E-state index contributed by atoms with van der Waals surface area (Å²) in [5.74, 6) is -1.49. The van der Waals surface area contributed by atoms with E-state index in [0.717, 1.165) is 4.90 Å². The van der Waals surface area contributed by atoms with Crippen molar-refractivity contribution in [3.8, 4) is 5.75 Å². The van der Waals surface area contributed by atoms with E-state index in [0.29, 0.717) is 22.4 Å². The van der Waals surface area contributed by atoms with Gasteiger partial charge in [0.25, 0.3) is 5.91 Å². The number of phenolic OH excluding ortho intramolecular Hbond substituents is 1. The van der Waals surface area contributed by atoms with Crippen LogP contribution < -0.4 is 10.6 Å². The van der Waals surface area contributed by atoms with E-state index in [1.165, 1.54) is 18.2 Å². The Morgan fingerprint density at radius 2 is 1.76 bits per heavy atom. The summed E-state index contributed by atoms with van der Waals surface area (Å²) in [6.07, 6.45) is -0.933. The van der Waals surface area contributed by atoms with Crippen molar-refractivity contribution < 1.29 is 34.4 Å². The molecule has 10 nitrogen and oxygen atoms in total. The van der Waals surface area contributed by atoms with Crippen molar-refractivity contribution in [2.24, 2.45) is 0 Å². The van der Waals surface area contributed by atoms with Crippen LogP contribution in [0.15, 0.2) is 36.4 Å². The SMILES string of the molecule is Cc1cc(C(C(=O)Nc2c(C)cccc2Cl)N(CCO)C(=O)C(CO)NC(=O)OC(C)(C)C)ccc1O. The second-order valence-corrected chi connectivity index (χ2v) is 9.91. The van der Waals surface area contributed by atoms with E-state index in [1.807, 2.05) is 0 Å². The summed E-state index contributed by atoms with van der Waals surface area (Å²) < 4.78 is 5.18. The first kappa shape index (κ1) is 29.9. The lowest BCUT2D eigenvalue weighted by Gasteiger charge is -2.34. The molecule has 0 saturated carbocycles. The van der Waals surface area contributed by atoms with Crippen molar-refractivity contribution in [3.05, 3.63) is 58.1 Å². The maximum atomic E-state index is 13.7. The number of benzene rings is 2. The number of carbonyl (C=O) groups excluding carboxylic acids is 3. The molecule has 0 aromatic heterocycles. The quantitative estimate of drug-likeness (QED) is 0.331. The molecular weight excluding hydrogens is 502 g/mol. The Balaban J connectivity index is 2.52. The van der Waals surface area contributed by atoms with Crippen LogP contribution in [0.2, 0.25) is 5.02 Å². The summed E-state index contributed by atoms with van der Waals surface area (Å²) in [6, 6.07) is 6.70. The van der Waals surface area contributed by atoms with Gasteiger partial charge < -0.3 is 35.6 Å². The molecule has 0 aliphatic heterocycles. The van der Waals surface area contributed by atoms with Crippen LogP contribution in [0.4, 0.5) is 10.5 Å². The highest BCUT2D eigenvalue weighted by Gasteiger charge is 2.36. The van der Waals surface area contributed by atoms with Crippen LogP contribution in [-0.4, -0.2) is 69.5 Å². The third kappa shape index (κ3) is 8.08. The first-order chi connectivity index (χ1) is 17.3. The number of aliphatic hydroxyl groups is 2. The van der Waals surface area contributed by atoms with Crippen molar-refractivity contribution >= 4 is 35.2 Å². The lowest BCUT2D eigenvalue weighted by Crippen LogP contribution is -2.54. The van der Waals surface area contributed by atoms with Crippen LogP contribution >= 0.6 is 11.6 Å². The number of phenols is 1. The Bertz CT molecular complexity index is 1110. The average Bonchev–Trinajstić information content (AvgIpc) is 2.80. The molecule has 11 heteroatoms. The van der Waals surface area contributed by atoms with Crippen molar-refractivity contribution in [2.75, 3.05) is 25.1 Å². The fourth-order valence-corrected chi connectivity index (χ4v) is 3.88. The van der Waals surface area contributed by atoms with E-state index in [9.17, 15) is 29.7 Å². The first-order valence-corrected chi connectivity index (χ1v) is 12.0. The summed E-state index contributed by atoms with van der Waals surface area (Å²) >= 11 is 6.29. The number of aryl methyl sites for hydroxylation is 2. The van der Waals surface area contributed by atoms with Gasteiger partial charge in [-0.25, -0.2) is 4.79 Å². The molecule has 3 amide bonds. The zero-order valence-corrected chi connectivity index (χ0v) is 22.3. The molecule has 0 heterocycles. The standard InChI is InChI=1S/C26H34ClN3O7/c1-15-7-6-8-18(27)21(15)29-23(34)22(17-9-10-20(33)16(2)13-17)30(11-12-31)24(35)19(14-32)28-25(36)37-26(3,4)5/h6-10,13,19,22,31-33H,11-12,14H2,1-5H3,(H,28,36)(H,29,34). The number of hydrogen-bond acceptors (Lipinski definition) is 7. The molecule has 2 rings (SSSR count). The number of nitrogens with one attached hydrogen (secondary N) is 2. The highest BCUT2D eigenvalue weighted by atomic mass is 35.5. The number of rotatable bonds is 9. The van der Waals surface area contributed by atoms with Gasteiger partial charge in [-0.2, -0.15) is 0 Å². The maximum Gasteiger partial charge on any atom is 0.408 e. The normalized spacial score (nSPS) is 12.9. The number of aromatic hydroxyl groups is 1. The topological polar surface area (TPSA) is 148 Å². The van der Waals surface area contributed by atoms with E-state index in [2.05, 4.69) is 10.6 Å². The van der Waals surface area contributed by atoms with Crippen molar-refractivity contribution in [2.45, 2.75) is 52.3 Å². The number of nitrogens with zero attached hydrogens (tertiary/aromatic N) is 1. The van der Waals surface area contributed by atoms with Gasteiger partial charge in [-0.1, -0.05) is 29.8 Å². The van der Waals surface area contributed by atoms with Gasteiger partial charge in [0.2, 0.25) is 5.91 Å². The van der Waals surface area contributed by atoms with Gasteiger partial charge in [-0.3, -0.25) is 9.59 Å². The zero-order chi connectivity index (χ0) is 27.9. The van der Waals surface area contributed by atoms with Gasteiger partial charge in [-0.05, 0) is 69.5 Å². The van der Waals surface area contributed by atoms with E-state index < -0.39 is 48.8 Å². The van der Waals surface area contributed by atoms with Gasteiger partial charge in [0.05, 0.1) is 23.9 Å². The second-order valence-electron chi connectivity index (χ2n) is 9.51. The predicted octanol–water partition coefficient (Wildman–Crippen LogP) is 3.05. The van der Waals surface area contributed by atoms with Crippen LogP contribution in [0.3, 0.4) is 0 Å². The van der Waals surface area contributed by atoms with Gasteiger partial charge >= 0.3 is 6.09 Å². The molecular formula is C26H34ClN3O7. The number of aliphatic hydroxyl groups excluding tert-OH is 2. The smallest absolute Gasteiger partial charge is 0.408 e. The lowest BCUT2D eigenvalue weighted by molar-refractivity contribution is -0.142. The van der Waals surface area contributed by atoms with Gasteiger partial charge in [0, 0.05) is 6.54 Å². The Morgan fingerprint density at radius 3 is 2.30 bits per heavy atom. The molecule has 0 fully saturated rings. The van der Waals surface area contributed by atoms with Crippen molar-refractivity contribution in [1.82, 2.24) is 10.2 Å². The van der Waals surface area contributed by atoms with E-state index in [1.54, 1.807) is 52.8 Å². The van der Waals surface area contributed by atoms with Crippen LogP contribution in [0.5, 0.6) is 5.75 Å². The molecule has 0 radical (unpaired) electrons. The van der Waals surface area contributed by atoms with Gasteiger partial charge in [0.1, 0.15) is 23.4 Å². The van der Waals surface area contributed by atoms with Gasteiger partial charge in [-0.15, -0.1) is 0 Å². The monoisotopic (exact) mass is 535 g/mol. The molecule has 2 aromatic carbocycles. The van der Waals surface area contributed by atoms with E-state index >= 15 is 0 Å². The van der Waals surface area contributed by atoms with Crippen LogP contribution in [0, 0.1) is 13.8 Å². The average molecular weight is 536 g/mol. The van der Waals surface area contributed by atoms with Gasteiger partial charge in [0.15, 0.2) is 0 Å². The molecule has 2 unspecified atom stereocenters. The summed E-state index contributed by atoms with van der Waals surface area (Å²) in [5.41, 5.74) is 0.953. The molecule has 0 saturated heterocycles. The third-order valence-electron chi connectivity index (χ3n) is 5.36. The first-order valence-electron chi connectivity index (χ1n) is 11.7. The highest BCUT2D eigenvalue weighted by molar-refractivity contribution is 6.34. The Labute approximate surface area is 221 Å². The largest absolute Gasteiger partial charge is 0.508 e. The highest BCUT2D eigenvalue weighted by Crippen LogP contribution is 2.31. The molecule has 37 heavy (non-hydrogen) atoms. The number of alkyl carbamates (subject to hydrolysis) is 1. The fraction of sp³-hybridized carbons (Fsp3) is 0.423.